The zero-order chi connectivity index (χ0) is 18.5. The highest BCUT2D eigenvalue weighted by atomic mass is 35.5. The van der Waals surface area contributed by atoms with E-state index in [0.717, 1.165) is 11.1 Å². The number of hydrogen-bond donors (Lipinski definition) is 1. The van der Waals surface area contributed by atoms with Crippen LogP contribution in [-0.2, 0) is 20.9 Å². The molecule has 1 atom stereocenters. The molecule has 1 aliphatic heterocycles. The lowest BCUT2D eigenvalue weighted by molar-refractivity contribution is -0.159. The van der Waals surface area contributed by atoms with Crippen molar-refractivity contribution in [1.82, 2.24) is 4.90 Å². The number of aryl methyl sites for hydroxylation is 1. The van der Waals surface area contributed by atoms with E-state index in [0.29, 0.717) is 30.4 Å². The number of benzene rings is 2. The minimum Gasteiger partial charge on any atom is -0.463 e. The molecule has 0 radical (unpaired) electrons. The Kier molecular flexibility index (Phi) is 5.91. The summed E-state index contributed by atoms with van der Waals surface area (Å²) in [4.78, 5) is 26.7. The molecule has 0 aromatic heterocycles. The van der Waals surface area contributed by atoms with Gasteiger partial charge in [0.1, 0.15) is 12.6 Å². The van der Waals surface area contributed by atoms with E-state index < -0.39 is 6.04 Å². The molecule has 1 fully saturated rings. The van der Waals surface area contributed by atoms with E-state index in [9.17, 15) is 9.59 Å². The minimum absolute atomic E-state index is 0.0237. The molecule has 0 saturated carbocycles. The maximum absolute atomic E-state index is 12.5. The Morgan fingerprint density at radius 1 is 1.27 bits per heavy atom. The number of hydrogen-bond acceptors (Lipinski definition) is 4. The average molecular weight is 373 g/mol. The molecule has 1 heterocycles. The first-order chi connectivity index (χ1) is 12.5. The van der Waals surface area contributed by atoms with Gasteiger partial charge >= 0.3 is 5.97 Å². The maximum Gasteiger partial charge on any atom is 0.323 e. The Labute approximate surface area is 157 Å². The maximum atomic E-state index is 12.5. The Balaban J connectivity index is 1.68. The van der Waals surface area contributed by atoms with Crippen LogP contribution in [0.4, 0.5) is 5.69 Å². The highest BCUT2D eigenvalue weighted by molar-refractivity contribution is 6.33. The summed E-state index contributed by atoms with van der Waals surface area (Å²) < 4.78 is 5.16. The van der Waals surface area contributed by atoms with Crippen LogP contribution in [0.15, 0.2) is 48.5 Å². The number of carbonyl (C=O) groups is 2. The van der Waals surface area contributed by atoms with Crippen LogP contribution in [-0.4, -0.2) is 36.0 Å². The number of ether oxygens (including phenoxy) is 1. The molecule has 6 heteroatoms. The lowest BCUT2D eigenvalue weighted by Crippen LogP contribution is -2.49. The van der Waals surface area contributed by atoms with Crippen molar-refractivity contribution >= 4 is 29.2 Å². The van der Waals surface area contributed by atoms with E-state index in [-0.39, 0.29) is 18.3 Å². The summed E-state index contributed by atoms with van der Waals surface area (Å²) in [5, 5.41) is 3.26. The second-order valence-corrected chi connectivity index (χ2v) is 6.78. The fourth-order valence-electron chi connectivity index (χ4n) is 2.98. The zero-order valence-electron chi connectivity index (χ0n) is 14.6. The largest absolute Gasteiger partial charge is 0.463 e. The van der Waals surface area contributed by atoms with Crippen molar-refractivity contribution in [2.75, 3.05) is 18.5 Å². The smallest absolute Gasteiger partial charge is 0.323 e. The standard InChI is InChI=1S/C20H21ClN2O3/c1-14-7-8-17(16(21)11-14)22-19(24)12-18-20(25)26-10-9-23(18)13-15-5-3-2-4-6-15/h2-8,11,18H,9-10,12-13H2,1H3,(H,22,24). The molecule has 0 aliphatic carbocycles. The second kappa shape index (κ2) is 8.34. The van der Waals surface area contributed by atoms with Crippen LogP contribution in [0.5, 0.6) is 0 Å². The molecule has 5 nitrogen and oxygen atoms in total. The van der Waals surface area contributed by atoms with Gasteiger partial charge in [0.15, 0.2) is 0 Å². The summed E-state index contributed by atoms with van der Waals surface area (Å²) in [5.74, 6) is -0.630. The lowest BCUT2D eigenvalue weighted by Gasteiger charge is -2.33. The van der Waals surface area contributed by atoms with E-state index in [4.69, 9.17) is 16.3 Å². The summed E-state index contributed by atoms with van der Waals surface area (Å²) in [6.07, 6.45) is 0.0237. The van der Waals surface area contributed by atoms with Crippen molar-refractivity contribution in [2.24, 2.45) is 0 Å². The first-order valence-electron chi connectivity index (χ1n) is 8.53. The van der Waals surface area contributed by atoms with Gasteiger partial charge in [0.05, 0.1) is 17.1 Å². The van der Waals surface area contributed by atoms with Gasteiger partial charge in [0.25, 0.3) is 0 Å². The first-order valence-corrected chi connectivity index (χ1v) is 8.91. The van der Waals surface area contributed by atoms with Crippen LogP contribution in [0, 0.1) is 6.92 Å². The second-order valence-electron chi connectivity index (χ2n) is 6.37. The molecule has 1 unspecified atom stereocenters. The highest BCUT2D eigenvalue weighted by Gasteiger charge is 2.33. The van der Waals surface area contributed by atoms with Crippen LogP contribution in [0.1, 0.15) is 17.5 Å². The Hall–Kier alpha value is -2.37. The van der Waals surface area contributed by atoms with Crippen LogP contribution < -0.4 is 5.32 Å². The van der Waals surface area contributed by atoms with Gasteiger partial charge in [0.2, 0.25) is 5.91 Å². The highest BCUT2D eigenvalue weighted by Crippen LogP contribution is 2.23. The molecule has 3 rings (SSSR count). The number of halogens is 1. The van der Waals surface area contributed by atoms with Gasteiger partial charge in [-0.15, -0.1) is 0 Å². The zero-order valence-corrected chi connectivity index (χ0v) is 15.3. The molecule has 1 aliphatic rings. The van der Waals surface area contributed by atoms with E-state index in [1.165, 1.54) is 0 Å². The topological polar surface area (TPSA) is 58.6 Å². The molecule has 2 aromatic rings. The molecule has 1 amide bonds. The minimum atomic E-state index is -0.604. The number of morpholine rings is 1. The van der Waals surface area contributed by atoms with E-state index >= 15 is 0 Å². The van der Waals surface area contributed by atoms with Crippen molar-refractivity contribution in [3.63, 3.8) is 0 Å². The van der Waals surface area contributed by atoms with Gasteiger partial charge < -0.3 is 10.1 Å². The van der Waals surface area contributed by atoms with Crippen LogP contribution in [0.2, 0.25) is 5.02 Å². The Bertz CT molecular complexity index is 795. The SMILES string of the molecule is Cc1ccc(NC(=O)CC2C(=O)OCCN2Cc2ccccc2)c(Cl)c1. The number of anilines is 1. The van der Waals surface area contributed by atoms with Crippen molar-refractivity contribution in [3.8, 4) is 0 Å². The summed E-state index contributed by atoms with van der Waals surface area (Å²) in [6, 6.07) is 14.7. The average Bonchev–Trinajstić information content (AvgIpc) is 2.61. The molecule has 0 spiro atoms. The van der Waals surface area contributed by atoms with Gasteiger partial charge in [-0.3, -0.25) is 14.5 Å². The molecule has 1 N–H and O–H groups in total. The third kappa shape index (κ3) is 4.62. The van der Waals surface area contributed by atoms with E-state index in [1.807, 2.05) is 48.2 Å². The quantitative estimate of drug-likeness (QED) is 0.817. The van der Waals surface area contributed by atoms with Crippen LogP contribution in [0.3, 0.4) is 0 Å². The summed E-state index contributed by atoms with van der Waals surface area (Å²) >= 11 is 6.16. The summed E-state index contributed by atoms with van der Waals surface area (Å²) in [7, 11) is 0. The van der Waals surface area contributed by atoms with E-state index in [1.54, 1.807) is 12.1 Å². The first kappa shape index (κ1) is 18.4. The van der Waals surface area contributed by atoms with Gasteiger partial charge in [-0.25, -0.2) is 0 Å². The van der Waals surface area contributed by atoms with Crippen molar-refractivity contribution < 1.29 is 14.3 Å². The van der Waals surface area contributed by atoms with Gasteiger partial charge in [-0.2, -0.15) is 0 Å². The monoisotopic (exact) mass is 372 g/mol. The predicted octanol–water partition coefficient (Wildman–Crippen LogP) is 3.40. The molecule has 0 bridgehead atoms. The van der Waals surface area contributed by atoms with Crippen molar-refractivity contribution in [2.45, 2.75) is 25.9 Å². The van der Waals surface area contributed by atoms with Gasteiger partial charge in [0, 0.05) is 13.1 Å². The van der Waals surface area contributed by atoms with Crippen LogP contribution >= 0.6 is 11.6 Å². The predicted molar refractivity (Wildman–Crippen MR) is 101 cm³/mol. The van der Waals surface area contributed by atoms with Gasteiger partial charge in [-0.1, -0.05) is 48.0 Å². The number of amides is 1. The fraction of sp³-hybridized carbons (Fsp3) is 0.300. The molecular weight excluding hydrogens is 352 g/mol. The number of nitrogens with zero attached hydrogens (tertiary/aromatic N) is 1. The molecule has 1 saturated heterocycles. The third-order valence-electron chi connectivity index (χ3n) is 4.34. The molecule has 2 aromatic carbocycles. The Morgan fingerprint density at radius 2 is 2.04 bits per heavy atom. The number of carbonyl (C=O) groups excluding carboxylic acids is 2. The molecule has 26 heavy (non-hydrogen) atoms. The number of esters is 1. The van der Waals surface area contributed by atoms with Crippen molar-refractivity contribution in [3.05, 3.63) is 64.7 Å². The molecule has 136 valence electrons. The summed E-state index contributed by atoms with van der Waals surface area (Å²) in [5.41, 5.74) is 2.65. The fourth-order valence-corrected chi connectivity index (χ4v) is 3.26. The normalized spacial score (nSPS) is 17.6. The van der Waals surface area contributed by atoms with Crippen molar-refractivity contribution in [1.29, 1.82) is 0 Å². The third-order valence-corrected chi connectivity index (χ3v) is 4.65. The Morgan fingerprint density at radius 3 is 2.77 bits per heavy atom. The number of nitrogens with one attached hydrogen (secondary N) is 1. The number of rotatable bonds is 5. The lowest BCUT2D eigenvalue weighted by atomic mass is 10.1. The van der Waals surface area contributed by atoms with E-state index in [2.05, 4.69) is 5.32 Å². The molecular formula is C20H21ClN2O3. The van der Waals surface area contributed by atoms with Crippen LogP contribution in [0.25, 0.3) is 0 Å². The summed E-state index contributed by atoms with van der Waals surface area (Å²) in [6.45, 7) is 3.47. The number of cyclic esters (lactones) is 1. The van der Waals surface area contributed by atoms with Gasteiger partial charge in [-0.05, 0) is 30.2 Å².